The number of ether oxygens (including phenoxy) is 1. The largest absolute Gasteiger partial charge is 0.480 e. The summed E-state index contributed by atoms with van der Waals surface area (Å²) in [5, 5.41) is 9.54. The Bertz CT molecular complexity index is 446. The Morgan fingerprint density at radius 1 is 1.37 bits per heavy atom. The highest BCUT2D eigenvalue weighted by Gasteiger charge is 2.28. The van der Waals surface area contributed by atoms with Crippen molar-refractivity contribution in [2.45, 2.75) is 25.3 Å². The molecule has 0 radical (unpaired) electrons. The molecule has 0 bridgehead atoms. The molecular formula is C13H16ClNO4. The standard InChI is InChI=1S/C13H16ClNO4/c1-2-19-11(16)7-10(12(15)13(17)18)8-3-5-9(14)6-4-8/h3-6,10,12H,2,7,15H2,1H3,(H,17,18)/t10-,12-/m0/s1. The van der Waals surface area contributed by atoms with Crippen molar-refractivity contribution in [3.63, 3.8) is 0 Å². The smallest absolute Gasteiger partial charge is 0.321 e. The van der Waals surface area contributed by atoms with Crippen molar-refractivity contribution in [1.29, 1.82) is 0 Å². The van der Waals surface area contributed by atoms with Gasteiger partial charge in [0.05, 0.1) is 13.0 Å². The fourth-order valence-electron chi connectivity index (χ4n) is 1.73. The molecule has 0 fully saturated rings. The second-order valence-electron chi connectivity index (χ2n) is 4.03. The molecule has 2 atom stereocenters. The lowest BCUT2D eigenvalue weighted by molar-refractivity contribution is -0.144. The molecule has 0 spiro atoms. The highest BCUT2D eigenvalue weighted by Crippen LogP contribution is 2.25. The lowest BCUT2D eigenvalue weighted by atomic mass is 9.89. The number of carboxylic acid groups (broad SMARTS) is 1. The maximum absolute atomic E-state index is 11.5. The van der Waals surface area contributed by atoms with Crippen LogP contribution in [0.3, 0.4) is 0 Å². The van der Waals surface area contributed by atoms with Crippen molar-refractivity contribution in [2.24, 2.45) is 5.73 Å². The summed E-state index contributed by atoms with van der Waals surface area (Å²) >= 11 is 5.77. The molecule has 0 aliphatic carbocycles. The van der Waals surface area contributed by atoms with Gasteiger partial charge in [-0.2, -0.15) is 0 Å². The van der Waals surface area contributed by atoms with E-state index in [1.165, 1.54) is 0 Å². The molecule has 1 aromatic carbocycles. The maximum atomic E-state index is 11.5. The summed E-state index contributed by atoms with van der Waals surface area (Å²) in [4.78, 5) is 22.5. The topological polar surface area (TPSA) is 89.6 Å². The van der Waals surface area contributed by atoms with Gasteiger partial charge >= 0.3 is 11.9 Å². The minimum Gasteiger partial charge on any atom is -0.480 e. The molecule has 0 saturated heterocycles. The van der Waals surface area contributed by atoms with Gasteiger partial charge < -0.3 is 15.6 Å². The monoisotopic (exact) mass is 285 g/mol. The van der Waals surface area contributed by atoms with Gasteiger partial charge in [-0.25, -0.2) is 0 Å². The Morgan fingerprint density at radius 3 is 2.42 bits per heavy atom. The molecule has 5 nitrogen and oxygen atoms in total. The molecule has 6 heteroatoms. The molecule has 0 saturated carbocycles. The molecule has 0 heterocycles. The molecule has 0 aromatic heterocycles. The van der Waals surface area contributed by atoms with Crippen molar-refractivity contribution in [1.82, 2.24) is 0 Å². The van der Waals surface area contributed by atoms with Crippen LogP contribution in [0.25, 0.3) is 0 Å². The Hall–Kier alpha value is -1.59. The zero-order valence-electron chi connectivity index (χ0n) is 10.5. The quantitative estimate of drug-likeness (QED) is 0.778. The molecular weight excluding hydrogens is 270 g/mol. The molecule has 104 valence electrons. The summed E-state index contributed by atoms with van der Waals surface area (Å²) in [7, 11) is 0. The van der Waals surface area contributed by atoms with Gasteiger partial charge in [0.1, 0.15) is 6.04 Å². The lowest BCUT2D eigenvalue weighted by Gasteiger charge is -2.20. The maximum Gasteiger partial charge on any atom is 0.321 e. The number of carbonyl (C=O) groups excluding carboxylic acids is 1. The third-order valence-electron chi connectivity index (χ3n) is 2.71. The number of carbonyl (C=O) groups is 2. The average molecular weight is 286 g/mol. The van der Waals surface area contributed by atoms with E-state index in [1.807, 2.05) is 0 Å². The summed E-state index contributed by atoms with van der Waals surface area (Å²) < 4.78 is 4.83. The number of esters is 1. The van der Waals surface area contributed by atoms with Crippen LogP contribution in [0.4, 0.5) is 0 Å². The van der Waals surface area contributed by atoms with Gasteiger partial charge in [-0.15, -0.1) is 0 Å². The number of halogens is 1. The van der Waals surface area contributed by atoms with Crippen LogP contribution in [0.1, 0.15) is 24.8 Å². The summed E-state index contributed by atoms with van der Waals surface area (Å²) in [5.74, 6) is -2.28. The molecule has 1 aromatic rings. The van der Waals surface area contributed by atoms with Gasteiger partial charge in [0.25, 0.3) is 0 Å². The fraction of sp³-hybridized carbons (Fsp3) is 0.385. The molecule has 3 N–H and O–H groups in total. The zero-order valence-corrected chi connectivity index (χ0v) is 11.3. The fourth-order valence-corrected chi connectivity index (χ4v) is 1.86. The first-order valence-electron chi connectivity index (χ1n) is 5.85. The Morgan fingerprint density at radius 2 is 1.95 bits per heavy atom. The van der Waals surface area contributed by atoms with Gasteiger partial charge in [0.15, 0.2) is 0 Å². The van der Waals surface area contributed by atoms with Crippen LogP contribution in [-0.2, 0) is 14.3 Å². The van der Waals surface area contributed by atoms with Crippen LogP contribution in [0.15, 0.2) is 24.3 Å². The SMILES string of the molecule is CCOC(=O)C[C@@H](c1ccc(Cl)cc1)[C@H](N)C(=O)O. The molecule has 19 heavy (non-hydrogen) atoms. The van der Waals surface area contributed by atoms with E-state index in [1.54, 1.807) is 31.2 Å². The lowest BCUT2D eigenvalue weighted by Crippen LogP contribution is -2.37. The molecule has 0 aliphatic heterocycles. The first kappa shape index (κ1) is 15.5. The molecule has 1 rings (SSSR count). The number of aliphatic carboxylic acids is 1. The van der Waals surface area contributed by atoms with Crippen molar-refractivity contribution in [3.8, 4) is 0 Å². The van der Waals surface area contributed by atoms with Crippen molar-refractivity contribution >= 4 is 23.5 Å². The molecule has 0 aliphatic rings. The number of benzene rings is 1. The second kappa shape index (κ2) is 7.11. The van der Waals surface area contributed by atoms with Crippen LogP contribution >= 0.6 is 11.6 Å². The number of hydrogen-bond donors (Lipinski definition) is 2. The van der Waals surface area contributed by atoms with Crippen LogP contribution in [0.2, 0.25) is 5.02 Å². The highest BCUT2D eigenvalue weighted by atomic mass is 35.5. The Kier molecular flexibility index (Phi) is 5.79. The predicted octanol–water partition coefficient (Wildman–Crippen LogP) is 1.79. The summed E-state index contributed by atoms with van der Waals surface area (Å²) in [6.07, 6.45) is -0.0804. The zero-order chi connectivity index (χ0) is 14.4. The first-order chi connectivity index (χ1) is 8.95. The van der Waals surface area contributed by atoms with E-state index in [0.29, 0.717) is 10.6 Å². The van der Waals surface area contributed by atoms with E-state index in [2.05, 4.69) is 0 Å². The van der Waals surface area contributed by atoms with Crippen LogP contribution in [0, 0.1) is 0 Å². The van der Waals surface area contributed by atoms with E-state index >= 15 is 0 Å². The summed E-state index contributed by atoms with van der Waals surface area (Å²) in [5.41, 5.74) is 6.28. The van der Waals surface area contributed by atoms with Crippen LogP contribution in [0.5, 0.6) is 0 Å². The highest BCUT2D eigenvalue weighted by molar-refractivity contribution is 6.30. The van der Waals surface area contributed by atoms with Crippen molar-refractivity contribution in [2.75, 3.05) is 6.61 Å². The predicted molar refractivity (Wildman–Crippen MR) is 71.1 cm³/mol. The van der Waals surface area contributed by atoms with Gasteiger partial charge in [0.2, 0.25) is 0 Å². The number of rotatable bonds is 6. The second-order valence-corrected chi connectivity index (χ2v) is 4.47. The third-order valence-corrected chi connectivity index (χ3v) is 2.96. The van der Waals surface area contributed by atoms with Crippen molar-refractivity contribution in [3.05, 3.63) is 34.9 Å². The van der Waals surface area contributed by atoms with Crippen LogP contribution in [-0.4, -0.2) is 29.7 Å². The van der Waals surface area contributed by atoms with Crippen molar-refractivity contribution < 1.29 is 19.4 Å². The van der Waals surface area contributed by atoms with Gasteiger partial charge in [-0.3, -0.25) is 9.59 Å². The summed E-state index contributed by atoms with van der Waals surface area (Å²) in [6, 6.07) is 5.41. The Labute approximate surface area is 116 Å². The minimum absolute atomic E-state index is 0.0804. The normalized spacial score (nSPS) is 13.6. The number of hydrogen-bond acceptors (Lipinski definition) is 4. The van der Waals surface area contributed by atoms with E-state index in [-0.39, 0.29) is 13.0 Å². The van der Waals surface area contributed by atoms with E-state index in [0.717, 1.165) is 0 Å². The van der Waals surface area contributed by atoms with Gasteiger partial charge in [-0.05, 0) is 24.6 Å². The first-order valence-corrected chi connectivity index (χ1v) is 6.23. The van der Waals surface area contributed by atoms with Crippen LogP contribution < -0.4 is 5.73 Å². The Balaban J connectivity index is 2.94. The molecule has 0 unspecified atom stereocenters. The molecule has 0 amide bonds. The third kappa shape index (κ3) is 4.54. The van der Waals surface area contributed by atoms with E-state index in [4.69, 9.17) is 27.2 Å². The van der Waals surface area contributed by atoms with Gasteiger partial charge in [-0.1, -0.05) is 23.7 Å². The number of nitrogens with two attached hydrogens (primary N) is 1. The minimum atomic E-state index is -1.18. The van der Waals surface area contributed by atoms with E-state index in [9.17, 15) is 9.59 Å². The van der Waals surface area contributed by atoms with Gasteiger partial charge in [0, 0.05) is 10.9 Å². The van der Waals surface area contributed by atoms with E-state index < -0.39 is 23.9 Å². The number of carboxylic acids is 1. The summed E-state index contributed by atoms with van der Waals surface area (Å²) in [6.45, 7) is 1.93. The average Bonchev–Trinajstić information content (AvgIpc) is 2.36.